The maximum Gasteiger partial charge on any atom is 0.317 e. The second-order valence-electron chi connectivity index (χ2n) is 9.69. The molecule has 1 aliphatic heterocycles. The van der Waals surface area contributed by atoms with E-state index in [-0.39, 0.29) is 30.4 Å². The van der Waals surface area contributed by atoms with Gasteiger partial charge in [-0.25, -0.2) is 4.79 Å². The highest BCUT2D eigenvalue weighted by Crippen LogP contribution is 2.34. The van der Waals surface area contributed by atoms with Gasteiger partial charge in [0.25, 0.3) is 0 Å². The van der Waals surface area contributed by atoms with Gasteiger partial charge in [0, 0.05) is 24.5 Å². The number of hydrogen-bond acceptors (Lipinski definition) is 4. The number of hydrogen-bond donors (Lipinski definition) is 1. The molecule has 3 amide bonds. The van der Waals surface area contributed by atoms with Crippen LogP contribution in [0.25, 0.3) is 0 Å². The Morgan fingerprint density at radius 2 is 1.91 bits per heavy atom. The molecule has 1 N–H and O–H groups in total. The van der Waals surface area contributed by atoms with Crippen molar-refractivity contribution in [3.8, 4) is 5.75 Å². The summed E-state index contributed by atoms with van der Waals surface area (Å²) in [5, 5.41) is 5.01. The predicted molar refractivity (Wildman–Crippen MR) is 139 cm³/mol. The lowest BCUT2D eigenvalue weighted by atomic mass is 10.00. The zero-order chi connectivity index (χ0) is 24.7. The standard InChI is InChI=1S/C27H39N3O3S/c1-6-13-28-27(32)29(16-19(2)3)17-26(31)30-14-11-25-23(12-15-34-25)24(30)18-33-22-9-7-21(8-10-22)20(4)5/h7-10,12,15,19-20,24H,6,11,13-14,16-18H2,1-5H3,(H,28,32). The summed E-state index contributed by atoms with van der Waals surface area (Å²) in [4.78, 5) is 31.1. The molecule has 0 saturated heterocycles. The molecular weight excluding hydrogens is 446 g/mol. The topological polar surface area (TPSA) is 61.9 Å². The SMILES string of the molecule is CCCNC(=O)N(CC(=O)N1CCc2sccc2C1COc1ccc(C(C)C)cc1)CC(C)C. The monoisotopic (exact) mass is 485 g/mol. The Morgan fingerprint density at radius 1 is 1.18 bits per heavy atom. The van der Waals surface area contributed by atoms with Crippen molar-refractivity contribution in [2.75, 3.05) is 32.8 Å². The van der Waals surface area contributed by atoms with Gasteiger partial charge >= 0.3 is 6.03 Å². The first-order valence-corrected chi connectivity index (χ1v) is 13.3. The number of rotatable bonds is 10. The van der Waals surface area contributed by atoms with Gasteiger partial charge in [-0.15, -0.1) is 11.3 Å². The van der Waals surface area contributed by atoms with Crippen molar-refractivity contribution in [1.82, 2.24) is 15.1 Å². The molecule has 1 aliphatic rings. The van der Waals surface area contributed by atoms with Crippen LogP contribution in [-0.2, 0) is 11.2 Å². The van der Waals surface area contributed by atoms with Crippen LogP contribution in [0.2, 0.25) is 0 Å². The fourth-order valence-electron chi connectivity index (χ4n) is 4.26. The molecule has 0 fully saturated rings. The smallest absolute Gasteiger partial charge is 0.317 e. The molecule has 0 spiro atoms. The fraction of sp³-hybridized carbons (Fsp3) is 0.556. The molecule has 7 heteroatoms. The van der Waals surface area contributed by atoms with E-state index in [1.165, 1.54) is 10.4 Å². The average Bonchev–Trinajstić information content (AvgIpc) is 3.29. The van der Waals surface area contributed by atoms with Crippen LogP contribution in [0.3, 0.4) is 0 Å². The van der Waals surface area contributed by atoms with Crippen LogP contribution in [0.1, 0.15) is 69.0 Å². The van der Waals surface area contributed by atoms with Crippen molar-refractivity contribution < 1.29 is 14.3 Å². The number of nitrogens with zero attached hydrogens (tertiary/aromatic N) is 2. The molecule has 1 unspecified atom stereocenters. The molecular formula is C27H39N3O3S. The lowest BCUT2D eigenvalue weighted by Crippen LogP contribution is -2.50. The van der Waals surface area contributed by atoms with Gasteiger partial charge in [0.15, 0.2) is 0 Å². The second-order valence-corrected chi connectivity index (χ2v) is 10.7. The van der Waals surface area contributed by atoms with Crippen molar-refractivity contribution in [3.05, 3.63) is 51.7 Å². The van der Waals surface area contributed by atoms with Gasteiger partial charge in [-0.05, 0) is 59.4 Å². The molecule has 3 rings (SSSR count). The van der Waals surface area contributed by atoms with Gasteiger partial charge in [-0.1, -0.05) is 46.8 Å². The third kappa shape index (κ3) is 6.75. The Labute approximate surface area is 208 Å². The van der Waals surface area contributed by atoms with E-state index in [0.29, 0.717) is 32.2 Å². The molecule has 0 bridgehead atoms. The zero-order valence-corrected chi connectivity index (χ0v) is 22.0. The molecule has 1 atom stereocenters. The fourth-order valence-corrected chi connectivity index (χ4v) is 5.18. The molecule has 34 heavy (non-hydrogen) atoms. The summed E-state index contributed by atoms with van der Waals surface area (Å²) in [7, 11) is 0. The third-order valence-corrected chi connectivity index (χ3v) is 7.09. The number of carbonyl (C=O) groups excluding carboxylic acids is 2. The highest BCUT2D eigenvalue weighted by atomic mass is 32.1. The number of thiophene rings is 1. The van der Waals surface area contributed by atoms with E-state index >= 15 is 0 Å². The summed E-state index contributed by atoms with van der Waals surface area (Å²) >= 11 is 1.74. The van der Waals surface area contributed by atoms with Crippen LogP contribution >= 0.6 is 11.3 Å². The quantitative estimate of drug-likeness (QED) is 0.486. The summed E-state index contributed by atoms with van der Waals surface area (Å²) in [5.74, 6) is 1.52. The largest absolute Gasteiger partial charge is 0.491 e. The molecule has 2 aromatic rings. The maximum atomic E-state index is 13.5. The number of amides is 3. The molecule has 1 aromatic heterocycles. The Kier molecular flexibility index (Phi) is 9.39. The first-order valence-electron chi connectivity index (χ1n) is 12.4. The van der Waals surface area contributed by atoms with Gasteiger partial charge in [-0.2, -0.15) is 0 Å². The van der Waals surface area contributed by atoms with E-state index in [4.69, 9.17) is 4.74 Å². The third-order valence-electron chi connectivity index (χ3n) is 6.09. The lowest BCUT2D eigenvalue weighted by Gasteiger charge is -2.37. The number of urea groups is 1. The predicted octanol–water partition coefficient (Wildman–Crippen LogP) is 5.45. The van der Waals surface area contributed by atoms with Crippen LogP contribution < -0.4 is 10.1 Å². The van der Waals surface area contributed by atoms with E-state index < -0.39 is 0 Å². The van der Waals surface area contributed by atoms with Crippen molar-refractivity contribution in [2.24, 2.45) is 5.92 Å². The van der Waals surface area contributed by atoms with Crippen LogP contribution in [-0.4, -0.2) is 54.5 Å². The summed E-state index contributed by atoms with van der Waals surface area (Å²) in [5.41, 5.74) is 2.43. The van der Waals surface area contributed by atoms with Crippen LogP contribution in [0.4, 0.5) is 4.79 Å². The van der Waals surface area contributed by atoms with Gasteiger partial charge < -0.3 is 19.9 Å². The molecule has 186 valence electrons. The molecule has 0 radical (unpaired) electrons. The molecule has 1 aromatic carbocycles. The van der Waals surface area contributed by atoms with Crippen molar-refractivity contribution >= 4 is 23.3 Å². The zero-order valence-electron chi connectivity index (χ0n) is 21.2. The van der Waals surface area contributed by atoms with Gasteiger partial charge in [0.1, 0.15) is 18.9 Å². The van der Waals surface area contributed by atoms with Crippen LogP contribution in [0, 0.1) is 5.92 Å². The van der Waals surface area contributed by atoms with Gasteiger partial charge in [0.2, 0.25) is 5.91 Å². The summed E-state index contributed by atoms with van der Waals surface area (Å²) in [6.45, 7) is 12.7. The summed E-state index contributed by atoms with van der Waals surface area (Å²) in [6, 6.07) is 9.97. The van der Waals surface area contributed by atoms with Crippen molar-refractivity contribution in [3.63, 3.8) is 0 Å². The lowest BCUT2D eigenvalue weighted by molar-refractivity contribution is -0.135. The Morgan fingerprint density at radius 3 is 2.56 bits per heavy atom. The number of fused-ring (bicyclic) bond motifs is 1. The maximum absolute atomic E-state index is 13.5. The van der Waals surface area contributed by atoms with E-state index in [1.807, 2.05) is 24.0 Å². The van der Waals surface area contributed by atoms with E-state index in [1.54, 1.807) is 16.2 Å². The van der Waals surface area contributed by atoms with Crippen LogP contribution in [0.5, 0.6) is 5.75 Å². The van der Waals surface area contributed by atoms with Crippen molar-refractivity contribution in [1.29, 1.82) is 0 Å². The first kappa shape index (κ1) is 26.1. The van der Waals surface area contributed by atoms with Crippen LogP contribution in [0.15, 0.2) is 35.7 Å². The number of benzene rings is 1. The molecule has 6 nitrogen and oxygen atoms in total. The van der Waals surface area contributed by atoms with Crippen molar-refractivity contribution in [2.45, 2.75) is 59.4 Å². The normalized spacial score (nSPS) is 15.4. The number of ether oxygens (including phenoxy) is 1. The van der Waals surface area contributed by atoms with Gasteiger partial charge in [0.05, 0.1) is 6.04 Å². The highest BCUT2D eigenvalue weighted by molar-refractivity contribution is 7.10. The minimum Gasteiger partial charge on any atom is -0.491 e. The van der Waals surface area contributed by atoms with E-state index in [0.717, 1.165) is 24.2 Å². The Bertz CT molecular complexity index is 939. The Hall–Kier alpha value is -2.54. The second kappa shape index (κ2) is 12.2. The first-order chi connectivity index (χ1) is 16.3. The highest BCUT2D eigenvalue weighted by Gasteiger charge is 2.33. The number of carbonyl (C=O) groups is 2. The molecule has 0 aliphatic carbocycles. The summed E-state index contributed by atoms with van der Waals surface area (Å²) in [6.07, 6.45) is 1.70. The summed E-state index contributed by atoms with van der Waals surface area (Å²) < 4.78 is 6.17. The Balaban J connectivity index is 1.73. The molecule has 2 heterocycles. The number of nitrogens with one attached hydrogen (secondary N) is 1. The van der Waals surface area contributed by atoms with E-state index in [9.17, 15) is 9.59 Å². The minimum atomic E-state index is -0.171. The van der Waals surface area contributed by atoms with Gasteiger partial charge in [-0.3, -0.25) is 4.79 Å². The van der Waals surface area contributed by atoms with E-state index in [2.05, 4.69) is 56.6 Å². The molecule has 0 saturated carbocycles. The average molecular weight is 486 g/mol. The minimum absolute atomic E-state index is 0.0343.